The van der Waals surface area contributed by atoms with Gasteiger partial charge >= 0.3 is 0 Å². The van der Waals surface area contributed by atoms with E-state index in [0.717, 1.165) is 21.0 Å². The fraction of sp³-hybridized carbons (Fsp3) is 0.700. The average molecular weight is 306 g/mol. The topological polar surface area (TPSA) is 80.9 Å². The molecule has 0 saturated heterocycles. The van der Waals surface area contributed by atoms with Gasteiger partial charge in [0.25, 0.3) is 0 Å². The van der Waals surface area contributed by atoms with Crippen LogP contribution >= 0.6 is 34.9 Å². The molecule has 0 aliphatic carbocycles. The number of carbonyl (C=O) groups excluding carboxylic acids is 1. The summed E-state index contributed by atoms with van der Waals surface area (Å²) in [5.41, 5.74) is 4.78. The Hall–Kier alpha value is -0.310. The SMILES string of the molecule is CCNC(C)(CCSc1nnc(SC)s1)C(N)=O. The van der Waals surface area contributed by atoms with Gasteiger partial charge in [-0.15, -0.1) is 10.2 Å². The molecule has 1 aromatic rings. The van der Waals surface area contributed by atoms with E-state index in [0.29, 0.717) is 6.42 Å². The highest BCUT2D eigenvalue weighted by atomic mass is 32.2. The number of hydrogen-bond donors (Lipinski definition) is 2. The van der Waals surface area contributed by atoms with E-state index in [1.54, 1.807) is 34.9 Å². The number of amides is 1. The van der Waals surface area contributed by atoms with Crippen molar-refractivity contribution >= 4 is 40.8 Å². The Morgan fingerprint density at radius 2 is 2.17 bits per heavy atom. The highest BCUT2D eigenvalue weighted by Gasteiger charge is 2.29. The lowest BCUT2D eigenvalue weighted by molar-refractivity contribution is -0.123. The summed E-state index contributed by atoms with van der Waals surface area (Å²) in [5, 5.41) is 11.2. The van der Waals surface area contributed by atoms with Crippen LogP contribution < -0.4 is 11.1 Å². The highest BCUT2D eigenvalue weighted by Crippen LogP contribution is 2.28. The smallest absolute Gasteiger partial charge is 0.237 e. The summed E-state index contributed by atoms with van der Waals surface area (Å²) in [5.74, 6) is 0.474. The first kappa shape index (κ1) is 15.7. The first-order chi connectivity index (χ1) is 8.51. The van der Waals surface area contributed by atoms with E-state index >= 15 is 0 Å². The number of nitrogens with zero attached hydrogens (tertiary/aromatic N) is 2. The molecule has 0 aromatic carbocycles. The van der Waals surface area contributed by atoms with Crippen LogP contribution in [0.1, 0.15) is 20.3 Å². The number of primary amides is 1. The Morgan fingerprint density at radius 1 is 1.50 bits per heavy atom. The maximum atomic E-state index is 11.4. The number of aromatic nitrogens is 2. The Bertz CT molecular complexity index is 398. The van der Waals surface area contributed by atoms with Gasteiger partial charge < -0.3 is 11.1 Å². The van der Waals surface area contributed by atoms with Crippen LogP contribution in [0.15, 0.2) is 8.68 Å². The second-order valence-corrected chi connectivity index (χ2v) is 7.24. The van der Waals surface area contributed by atoms with Gasteiger partial charge in [0.05, 0.1) is 5.54 Å². The zero-order valence-electron chi connectivity index (χ0n) is 10.7. The van der Waals surface area contributed by atoms with E-state index in [1.807, 2.05) is 20.1 Å². The lowest BCUT2D eigenvalue weighted by Gasteiger charge is -2.26. The molecule has 0 radical (unpaired) electrons. The number of likely N-dealkylation sites (N-methyl/N-ethyl adjacent to an activating group) is 1. The van der Waals surface area contributed by atoms with E-state index in [9.17, 15) is 4.79 Å². The van der Waals surface area contributed by atoms with Crippen molar-refractivity contribution in [2.75, 3.05) is 18.6 Å². The summed E-state index contributed by atoms with van der Waals surface area (Å²) in [7, 11) is 0. The monoisotopic (exact) mass is 306 g/mol. The maximum absolute atomic E-state index is 11.4. The molecule has 8 heteroatoms. The summed E-state index contributed by atoms with van der Waals surface area (Å²) < 4.78 is 1.89. The van der Waals surface area contributed by atoms with Gasteiger partial charge in [0.2, 0.25) is 5.91 Å². The van der Waals surface area contributed by atoms with Gasteiger partial charge in [0.15, 0.2) is 8.68 Å². The van der Waals surface area contributed by atoms with Gasteiger partial charge in [0, 0.05) is 5.75 Å². The third-order valence-corrected chi connectivity index (χ3v) is 5.53. The minimum Gasteiger partial charge on any atom is -0.368 e. The summed E-state index contributed by atoms with van der Waals surface area (Å²) in [4.78, 5) is 11.4. The molecule has 102 valence electrons. The zero-order chi connectivity index (χ0) is 13.6. The van der Waals surface area contributed by atoms with Crippen molar-refractivity contribution in [3.63, 3.8) is 0 Å². The van der Waals surface area contributed by atoms with Crippen LogP contribution in [0, 0.1) is 0 Å². The fourth-order valence-corrected chi connectivity index (χ4v) is 4.04. The standard InChI is InChI=1S/C10H18N4OS3/c1-4-12-10(2,7(11)15)5-6-17-9-14-13-8(16-3)18-9/h12H,4-6H2,1-3H3,(H2,11,15). The van der Waals surface area contributed by atoms with Crippen LogP contribution in [0.5, 0.6) is 0 Å². The molecule has 0 aliphatic rings. The van der Waals surface area contributed by atoms with Crippen LogP contribution in [0.4, 0.5) is 0 Å². The molecule has 0 aliphatic heterocycles. The van der Waals surface area contributed by atoms with Crippen LogP contribution in [0.2, 0.25) is 0 Å². The minimum absolute atomic E-state index is 0.313. The Morgan fingerprint density at radius 3 is 2.67 bits per heavy atom. The summed E-state index contributed by atoms with van der Waals surface area (Å²) in [6.45, 7) is 4.52. The molecule has 0 bridgehead atoms. The van der Waals surface area contributed by atoms with Crippen molar-refractivity contribution < 1.29 is 4.79 Å². The summed E-state index contributed by atoms with van der Waals surface area (Å²) >= 11 is 4.77. The molecular formula is C10H18N4OS3. The normalized spacial score (nSPS) is 14.4. The van der Waals surface area contributed by atoms with E-state index in [2.05, 4.69) is 15.5 Å². The van der Waals surface area contributed by atoms with Gasteiger partial charge in [-0.1, -0.05) is 41.8 Å². The van der Waals surface area contributed by atoms with Crippen molar-refractivity contribution in [3.05, 3.63) is 0 Å². The molecule has 3 N–H and O–H groups in total. The Balaban J connectivity index is 2.46. The Kier molecular flexibility index (Phi) is 6.40. The largest absolute Gasteiger partial charge is 0.368 e. The molecule has 1 amide bonds. The molecule has 1 rings (SSSR count). The second-order valence-electron chi connectivity index (χ2n) is 3.86. The molecule has 1 unspecified atom stereocenters. The summed E-state index contributed by atoms with van der Waals surface area (Å²) in [6.07, 6.45) is 2.65. The lowest BCUT2D eigenvalue weighted by Crippen LogP contribution is -2.53. The lowest BCUT2D eigenvalue weighted by atomic mass is 9.98. The molecular weight excluding hydrogens is 288 g/mol. The predicted molar refractivity (Wildman–Crippen MR) is 78.3 cm³/mol. The number of nitrogens with two attached hydrogens (primary N) is 1. The second kappa shape index (κ2) is 7.32. The fourth-order valence-electron chi connectivity index (χ4n) is 1.37. The van der Waals surface area contributed by atoms with Gasteiger partial charge in [-0.3, -0.25) is 4.79 Å². The van der Waals surface area contributed by atoms with Crippen LogP contribution in [-0.4, -0.2) is 40.2 Å². The van der Waals surface area contributed by atoms with Crippen LogP contribution in [0.3, 0.4) is 0 Å². The van der Waals surface area contributed by atoms with Crippen molar-refractivity contribution in [3.8, 4) is 0 Å². The molecule has 0 saturated carbocycles. The predicted octanol–water partition coefficient (Wildman–Crippen LogP) is 1.60. The third-order valence-electron chi connectivity index (χ3n) is 2.50. The molecule has 0 fully saturated rings. The molecule has 18 heavy (non-hydrogen) atoms. The van der Waals surface area contributed by atoms with E-state index in [1.165, 1.54) is 0 Å². The maximum Gasteiger partial charge on any atom is 0.237 e. The zero-order valence-corrected chi connectivity index (χ0v) is 13.2. The minimum atomic E-state index is -0.644. The van der Waals surface area contributed by atoms with Gasteiger partial charge in [0.1, 0.15) is 0 Å². The van der Waals surface area contributed by atoms with E-state index in [4.69, 9.17) is 5.73 Å². The molecule has 1 heterocycles. The quantitative estimate of drug-likeness (QED) is 0.710. The number of thioether (sulfide) groups is 2. The summed E-state index contributed by atoms with van der Waals surface area (Å²) in [6, 6.07) is 0. The van der Waals surface area contributed by atoms with Crippen molar-refractivity contribution in [2.45, 2.75) is 34.5 Å². The number of rotatable bonds is 8. The van der Waals surface area contributed by atoms with Crippen molar-refractivity contribution in [1.29, 1.82) is 0 Å². The number of hydrogen-bond acceptors (Lipinski definition) is 7. The van der Waals surface area contributed by atoms with Gasteiger partial charge in [-0.2, -0.15) is 0 Å². The van der Waals surface area contributed by atoms with Crippen LogP contribution in [0.25, 0.3) is 0 Å². The van der Waals surface area contributed by atoms with Crippen molar-refractivity contribution in [1.82, 2.24) is 15.5 Å². The third kappa shape index (κ3) is 4.42. The molecule has 5 nitrogen and oxygen atoms in total. The van der Waals surface area contributed by atoms with Crippen molar-refractivity contribution in [2.24, 2.45) is 5.73 Å². The van der Waals surface area contributed by atoms with Gasteiger partial charge in [-0.25, -0.2) is 0 Å². The molecule has 1 atom stereocenters. The van der Waals surface area contributed by atoms with E-state index < -0.39 is 5.54 Å². The number of nitrogens with one attached hydrogen (secondary N) is 1. The molecule has 1 aromatic heterocycles. The highest BCUT2D eigenvalue weighted by molar-refractivity contribution is 8.02. The first-order valence-electron chi connectivity index (χ1n) is 5.57. The molecule has 0 spiro atoms. The first-order valence-corrected chi connectivity index (χ1v) is 8.59. The number of carbonyl (C=O) groups is 1. The Labute approximate surface area is 120 Å². The van der Waals surface area contributed by atoms with E-state index in [-0.39, 0.29) is 5.91 Å². The average Bonchev–Trinajstić information content (AvgIpc) is 2.77. The van der Waals surface area contributed by atoms with Gasteiger partial charge in [-0.05, 0) is 26.1 Å². The van der Waals surface area contributed by atoms with Crippen LogP contribution in [-0.2, 0) is 4.79 Å².